The Balaban J connectivity index is 2.20. The molecule has 0 aromatic heterocycles. The summed E-state index contributed by atoms with van der Waals surface area (Å²) in [6, 6.07) is 13.4. The van der Waals surface area contributed by atoms with Gasteiger partial charge in [-0.2, -0.15) is 0 Å². The highest BCUT2D eigenvalue weighted by molar-refractivity contribution is 6.42. The molecule has 2 N–H and O–H groups in total. The van der Waals surface area contributed by atoms with Gasteiger partial charge in [0.25, 0.3) is 0 Å². The number of hydrogen-bond acceptors (Lipinski definition) is 2. The van der Waals surface area contributed by atoms with E-state index in [4.69, 9.17) is 40.5 Å². The number of nitrogens with zero attached hydrogens (tertiary/aromatic N) is 1. The molecule has 0 saturated carbocycles. The zero-order valence-corrected chi connectivity index (χ0v) is 14.0. The van der Waals surface area contributed by atoms with Crippen molar-refractivity contribution >= 4 is 34.8 Å². The van der Waals surface area contributed by atoms with Crippen LogP contribution in [0.5, 0.6) is 0 Å². The lowest BCUT2D eigenvalue weighted by Gasteiger charge is -2.28. The molecular formula is C16H17Cl3N2. The zero-order valence-electron chi connectivity index (χ0n) is 11.7. The maximum Gasteiger partial charge on any atom is 0.0640 e. The van der Waals surface area contributed by atoms with Crippen LogP contribution in [0.2, 0.25) is 15.1 Å². The van der Waals surface area contributed by atoms with E-state index in [0.29, 0.717) is 16.6 Å². The van der Waals surface area contributed by atoms with Crippen LogP contribution in [0.15, 0.2) is 42.5 Å². The Kier molecular flexibility index (Phi) is 5.91. The minimum atomic E-state index is 0.00637. The smallest absolute Gasteiger partial charge is 0.0640 e. The Bertz CT molecular complexity index is 599. The highest BCUT2D eigenvalue weighted by atomic mass is 35.5. The lowest BCUT2D eigenvalue weighted by molar-refractivity contribution is 0.242. The van der Waals surface area contributed by atoms with Crippen LogP contribution in [-0.4, -0.2) is 18.5 Å². The summed E-state index contributed by atoms with van der Waals surface area (Å²) in [5, 5.41) is 1.85. The molecule has 1 unspecified atom stereocenters. The fourth-order valence-electron chi connectivity index (χ4n) is 2.31. The normalized spacial score (nSPS) is 12.7. The summed E-state index contributed by atoms with van der Waals surface area (Å²) in [6.07, 6.45) is 0. The van der Waals surface area contributed by atoms with Crippen molar-refractivity contribution in [3.05, 3.63) is 68.7 Å². The first kappa shape index (κ1) is 16.6. The largest absolute Gasteiger partial charge is 0.329 e. The highest BCUT2D eigenvalue weighted by Crippen LogP contribution is 2.32. The van der Waals surface area contributed by atoms with Crippen molar-refractivity contribution in [2.75, 3.05) is 13.6 Å². The molecule has 2 rings (SSSR count). The van der Waals surface area contributed by atoms with Crippen molar-refractivity contribution in [1.82, 2.24) is 4.90 Å². The van der Waals surface area contributed by atoms with Gasteiger partial charge in [0.1, 0.15) is 0 Å². The molecule has 21 heavy (non-hydrogen) atoms. The molecule has 2 aromatic carbocycles. The van der Waals surface area contributed by atoms with Gasteiger partial charge in [-0.25, -0.2) is 0 Å². The van der Waals surface area contributed by atoms with Crippen LogP contribution in [-0.2, 0) is 6.54 Å². The molecule has 0 spiro atoms. The van der Waals surface area contributed by atoms with Gasteiger partial charge in [0.15, 0.2) is 0 Å². The molecule has 0 bridgehead atoms. The highest BCUT2D eigenvalue weighted by Gasteiger charge is 2.19. The number of nitrogens with two attached hydrogens (primary N) is 1. The number of benzene rings is 2. The van der Waals surface area contributed by atoms with E-state index in [1.54, 1.807) is 6.07 Å². The first-order valence-corrected chi connectivity index (χ1v) is 7.75. The fourth-order valence-corrected chi connectivity index (χ4v) is 2.87. The molecule has 0 heterocycles. The maximum atomic E-state index is 6.30. The van der Waals surface area contributed by atoms with Gasteiger partial charge in [0.05, 0.1) is 10.0 Å². The summed E-state index contributed by atoms with van der Waals surface area (Å²) in [4.78, 5) is 2.15. The van der Waals surface area contributed by atoms with Gasteiger partial charge in [-0.05, 0) is 36.4 Å². The van der Waals surface area contributed by atoms with Crippen LogP contribution in [0.25, 0.3) is 0 Å². The maximum absolute atomic E-state index is 6.30. The molecule has 1 atom stereocenters. The second-order valence-electron chi connectivity index (χ2n) is 4.94. The summed E-state index contributed by atoms with van der Waals surface area (Å²) >= 11 is 18.3. The van der Waals surface area contributed by atoms with Gasteiger partial charge < -0.3 is 5.73 Å². The zero-order chi connectivity index (χ0) is 15.4. The minimum Gasteiger partial charge on any atom is -0.329 e. The van der Waals surface area contributed by atoms with E-state index in [-0.39, 0.29) is 6.04 Å². The predicted molar refractivity (Wildman–Crippen MR) is 91.2 cm³/mol. The number of hydrogen-bond donors (Lipinski definition) is 1. The third-order valence-electron chi connectivity index (χ3n) is 3.44. The van der Waals surface area contributed by atoms with Crippen molar-refractivity contribution in [3.8, 4) is 0 Å². The molecule has 0 aliphatic heterocycles. The third kappa shape index (κ3) is 4.12. The van der Waals surface area contributed by atoms with Gasteiger partial charge in [-0.15, -0.1) is 0 Å². The van der Waals surface area contributed by atoms with Crippen LogP contribution in [0, 0.1) is 0 Å². The van der Waals surface area contributed by atoms with Crippen molar-refractivity contribution in [2.24, 2.45) is 5.73 Å². The predicted octanol–water partition coefficient (Wildman–Crippen LogP) is 4.78. The average molecular weight is 344 g/mol. The summed E-state index contributed by atoms with van der Waals surface area (Å²) in [7, 11) is 2.02. The molecule has 5 heteroatoms. The van der Waals surface area contributed by atoms with Crippen LogP contribution in [0.4, 0.5) is 0 Å². The van der Waals surface area contributed by atoms with Crippen LogP contribution < -0.4 is 5.73 Å². The first-order chi connectivity index (χ1) is 10.0. The molecule has 2 nitrogen and oxygen atoms in total. The van der Waals surface area contributed by atoms with Crippen LogP contribution >= 0.6 is 34.8 Å². The van der Waals surface area contributed by atoms with Gasteiger partial charge >= 0.3 is 0 Å². The molecule has 2 aromatic rings. The van der Waals surface area contributed by atoms with Crippen molar-refractivity contribution in [1.29, 1.82) is 0 Å². The van der Waals surface area contributed by atoms with E-state index < -0.39 is 0 Å². The van der Waals surface area contributed by atoms with E-state index >= 15 is 0 Å². The fraction of sp³-hybridized carbons (Fsp3) is 0.250. The minimum absolute atomic E-state index is 0.00637. The Labute approximate surface area is 140 Å². The van der Waals surface area contributed by atoms with E-state index in [2.05, 4.69) is 4.90 Å². The SMILES string of the molecule is CN(Cc1ccc(Cl)cc1)C(CN)c1cccc(Cl)c1Cl. The molecule has 112 valence electrons. The topological polar surface area (TPSA) is 29.3 Å². The second-order valence-corrected chi connectivity index (χ2v) is 6.16. The van der Waals surface area contributed by atoms with Crippen LogP contribution in [0.1, 0.15) is 17.2 Å². The Morgan fingerprint density at radius 3 is 2.33 bits per heavy atom. The van der Waals surface area contributed by atoms with Gasteiger partial charge in [0, 0.05) is 24.2 Å². The van der Waals surface area contributed by atoms with Crippen molar-refractivity contribution < 1.29 is 0 Å². The lowest BCUT2D eigenvalue weighted by atomic mass is 10.0. The van der Waals surface area contributed by atoms with Gasteiger partial charge in [-0.1, -0.05) is 59.1 Å². The molecule has 0 amide bonds. The van der Waals surface area contributed by atoms with E-state index in [9.17, 15) is 0 Å². The number of rotatable bonds is 5. The van der Waals surface area contributed by atoms with E-state index in [0.717, 1.165) is 17.1 Å². The van der Waals surface area contributed by atoms with E-state index in [1.165, 1.54) is 5.56 Å². The standard InChI is InChI=1S/C16H17Cl3N2/c1-21(10-11-5-7-12(17)8-6-11)15(9-20)13-3-2-4-14(18)16(13)19/h2-8,15H,9-10,20H2,1H3. The van der Waals surface area contributed by atoms with Crippen molar-refractivity contribution in [2.45, 2.75) is 12.6 Å². The summed E-state index contributed by atoms with van der Waals surface area (Å²) in [5.41, 5.74) is 8.05. The Morgan fingerprint density at radius 2 is 1.71 bits per heavy atom. The molecular weight excluding hydrogens is 327 g/mol. The summed E-state index contributed by atoms with van der Waals surface area (Å²) in [6.45, 7) is 1.21. The van der Waals surface area contributed by atoms with Gasteiger partial charge in [-0.3, -0.25) is 4.90 Å². The summed E-state index contributed by atoms with van der Waals surface area (Å²) < 4.78 is 0. The monoisotopic (exact) mass is 342 g/mol. The number of halogens is 3. The molecule has 0 radical (unpaired) electrons. The van der Waals surface area contributed by atoms with Gasteiger partial charge in [0.2, 0.25) is 0 Å². The lowest BCUT2D eigenvalue weighted by Crippen LogP contribution is -2.30. The quantitative estimate of drug-likeness (QED) is 0.846. The molecule has 0 saturated heterocycles. The molecule has 0 aliphatic rings. The average Bonchev–Trinajstić information content (AvgIpc) is 2.47. The second kappa shape index (κ2) is 7.48. The van der Waals surface area contributed by atoms with Crippen LogP contribution in [0.3, 0.4) is 0 Å². The first-order valence-electron chi connectivity index (χ1n) is 6.61. The Hall–Kier alpha value is -0.770. The molecule has 0 fully saturated rings. The Morgan fingerprint density at radius 1 is 1.05 bits per heavy atom. The van der Waals surface area contributed by atoms with E-state index in [1.807, 2.05) is 43.4 Å². The number of likely N-dealkylation sites (N-methyl/N-ethyl adjacent to an activating group) is 1. The van der Waals surface area contributed by atoms with Crippen molar-refractivity contribution in [3.63, 3.8) is 0 Å². The molecule has 0 aliphatic carbocycles. The third-order valence-corrected chi connectivity index (χ3v) is 4.53. The summed E-state index contributed by atoms with van der Waals surface area (Å²) in [5.74, 6) is 0.